The van der Waals surface area contributed by atoms with E-state index >= 15 is 0 Å². The molecular weight excluding hydrogens is 214 g/mol. The van der Waals surface area contributed by atoms with E-state index in [0.29, 0.717) is 5.69 Å². The van der Waals surface area contributed by atoms with Crippen LogP contribution in [0.5, 0.6) is 5.75 Å². The van der Waals surface area contributed by atoms with Crippen LogP contribution in [-0.2, 0) is 0 Å². The number of nitrogens with two attached hydrogens (primary N) is 1. The molecular formula is C14H15NO2. The van der Waals surface area contributed by atoms with Crippen molar-refractivity contribution in [1.82, 2.24) is 0 Å². The molecule has 0 aliphatic rings. The highest BCUT2D eigenvalue weighted by atomic mass is 16.5. The van der Waals surface area contributed by atoms with Crippen LogP contribution >= 0.6 is 0 Å². The maximum Gasteiger partial charge on any atom is 0.118 e. The van der Waals surface area contributed by atoms with Crippen molar-refractivity contribution in [2.24, 2.45) is 0 Å². The van der Waals surface area contributed by atoms with Crippen molar-refractivity contribution in [3.05, 3.63) is 59.7 Å². The predicted molar refractivity (Wildman–Crippen MR) is 67.9 cm³/mol. The zero-order chi connectivity index (χ0) is 12.3. The van der Waals surface area contributed by atoms with E-state index in [2.05, 4.69) is 0 Å². The Labute approximate surface area is 100 Å². The van der Waals surface area contributed by atoms with Gasteiger partial charge in [-0.15, -0.1) is 0 Å². The molecule has 0 fully saturated rings. The number of benzene rings is 2. The average Bonchev–Trinajstić information content (AvgIpc) is 2.38. The van der Waals surface area contributed by atoms with Crippen molar-refractivity contribution in [3.63, 3.8) is 0 Å². The van der Waals surface area contributed by atoms with Crippen LogP contribution in [-0.4, -0.2) is 12.2 Å². The van der Waals surface area contributed by atoms with E-state index in [0.717, 1.165) is 16.9 Å². The maximum absolute atomic E-state index is 10.2. The molecule has 0 aliphatic heterocycles. The Kier molecular flexibility index (Phi) is 3.30. The zero-order valence-corrected chi connectivity index (χ0v) is 9.63. The monoisotopic (exact) mass is 229 g/mol. The molecule has 0 radical (unpaired) electrons. The molecule has 0 unspecified atom stereocenters. The third kappa shape index (κ3) is 2.57. The summed E-state index contributed by atoms with van der Waals surface area (Å²) in [6.45, 7) is 0. The molecule has 3 heteroatoms. The first-order chi connectivity index (χ1) is 8.20. The fourth-order valence-electron chi connectivity index (χ4n) is 1.71. The van der Waals surface area contributed by atoms with Crippen LogP contribution in [0.4, 0.5) is 5.69 Å². The summed E-state index contributed by atoms with van der Waals surface area (Å²) in [6.07, 6.45) is -0.663. The van der Waals surface area contributed by atoms with Gasteiger partial charge in [-0.2, -0.15) is 0 Å². The average molecular weight is 229 g/mol. The molecule has 0 aliphatic carbocycles. The minimum absolute atomic E-state index is 0.648. The summed E-state index contributed by atoms with van der Waals surface area (Å²) in [6, 6.07) is 14.6. The van der Waals surface area contributed by atoms with Crippen LogP contribution in [0.1, 0.15) is 17.2 Å². The van der Waals surface area contributed by atoms with E-state index in [1.165, 1.54) is 0 Å². The van der Waals surface area contributed by atoms with Crippen LogP contribution in [0.25, 0.3) is 0 Å². The number of aliphatic hydroxyl groups excluding tert-OH is 1. The molecule has 0 saturated carbocycles. The number of hydrogen-bond donors (Lipinski definition) is 2. The lowest BCUT2D eigenvalue weighted by molar-refractivity contribution is 0.220. The Balaban J connectivity index is 2.27. The Morgan fingerprint density at radius 2 is 1.76 bits per heavy atom. The van der Waals surface area contributed by atoms with Gasteiger partial charge in [-0.3, -0.25) is 0 Å². The van der Waals surface area contributed by atoms with E-state index in [9.17, 15) is 5.11 Å². The number of ether oxygens (including phenoxy) is 1. The highest BCUT2D eigenvalue weighted by Crippen LogP contribution is 2.24. The van der Waals surface area contributed by atoms with Gasteiger partial charge in [0.05, 0.1) is 7.11 Å². The summed E-state index contributed by atoms with van der Waals surface area (Å²) in [5.41, 5.74) is 7.94. The van der Waals surface area contributed by atoms with Gasteiger partial charge in [0.2, 0.25) is 0 Å². The van der Waals surface area contributed by atoms with Gasteiger partial charge in [-0.1, -0.05) is 24.3 Å². The van der Waals surface area contributed by atoms with Gasteiger partial charge < -0.3 is 15.6 Å². The van der Waals surface area contributed by atoms with Crippen molar-refractivity contribution >= 4 is 5.69 Å². The van der Waals surface area contributed by atoms with E-state index in [4.69, 9.17) is 10.5 Å². The van der Waals surface area contributed by atoms with E-state index < -0.39 is 6.10 Å². The molecule has 88 valence electrons. The summed E-state index contributed by atoms with van der Waals surface area (Å²) in [7, 11) is 1.61. The van der Waals surface area contributed by atoms with Crippen molar-refractivity contribution in [2.75, 3.05) is 12.8 Å². The van der Waals surface area contributed by atoms with Crippen molar-refractivity contribution in [2.45, 2.75) is 6.10 Å². The van der Waals surface area contributed by atoms with Gasteiger partial charge in [0.15, 0.2) is 0 Å². The lowest BCUT2D eigenvalue weighted by Gasteiger charge is -2.12. The lowest BCUT2D eigenvalue weighted by Crippen LogP contribution is -2.00. The van der Waals surface area contributed by atoms with Crippen molar-refractivity contribution in [3.8, 4) is 5.75 Å². The normalized spacial score (nSPS) is 12.1. The van der Waals surface area contributed by atoms with Crippen molar-refractivity contribution < 1.29 is 9.84 Å². The van der Waals surface area contributed by atoms with E-state index in [1.54, 1.807) is 19.2 Å². The molecule has 0 bridgehead atoms. The number of methoxy groups -OCH3 is 1. The van der Waals surface area contributed by atoms with Crippen LogP contribution in [0.3, 0.4) is 0 Å². The second-order valence-corrected chi connectivity index (χ2v) is 3.85. The quantitative estimate of drug-likeness (QED) is 0.794. The molecule has 0 heterocycles. The Bertz CT molecular complexity index is 494. The smallest absolute Gasteiger partial charge is 0.118 e. The number of nitrogen functional groups attached to an aromatic ring is 1. The largest absolute Gasteiger partial charge is 0.497 e. The van der Waals surface area contributed by atoms with Gasteiger partial charge in [0, 0.05) is 5.69 Å². The molecule has 0 saturated heterocycles. The third-order valence-corrected chi connectivity index (χ3v) is 2.66. The minimum Gasteiger partial charge on any atom is -0.497 e. The fraction of sp³-hybridized carbons (Fsp3) is 0.143. The second-order valence-electron chi connectivity index (χ2n) is 3.85. The van der Waals surface area contributed by atoms with Crippen LogP contribution in [0, 0.1) is 0 Å². The number of aliphatic hydroxyl groups is 1. The van der Waals surface area contributed by atoms with E-state index in [1.807, 2.05) is 36.4 Å². The van der Waals surface area contributed by atoms with Crippen LogP contribution < -0.4 is 10.5 Å². The summed E-state index contributed by atoms with van der Waals surface area (Å²) >= 11 is 0. The molecule has 1 atom stereocenters. The standard InChI is InChI=1S/C14H15NO2/c1-17-13-7-5-10(6-8-13)14(16)11-3-2-4-12(15)9-11/h2-9,14,16H,15H2,1H3/t14-/m1/s1. The van der Waals surface area contributed by atoms with Crippen LogP contribution in [0.2, 0.25) is 0 Å². The first kappa shape index (κ1) is 11.5. The molecule has 0 amide bonds. The van der Waals surface area contributed by atoms with E-state index in [-0.39, 0.29) is 0 Å². The van der Waals surface area contributed by atoms with Crippen LogP contribution in [0.15, 0.2) is 48.5 Å². The SMILES string of the molecule is COc1ccc([C@@H](O)c2cccc(N)c2)cc1. The van der Waals surface area contributed by atoms with Crippen molar-refractivity contribution in [1.29, 1.82) is 0 Å². The summed E-state index contributed by atoms with van der Waals surface area (Å²) in [5.74, 6) is 0.772. The molecule has 2 aromatic rings. The Hall–Kier alpha value is -2.00. The molecule has 3 nitrogen and oxygen atoms in total. The zero-order valence-electron chi connectivity index (χ0n) is 9.63. The highest BCUT2D eigenvalue weighted by molar-refractivity contribution is 5.44. The molecule has 3 N–H and O–H groups in total. The molecule has 0 spiro atoms. The number of anilines is 1. The molecule has 2 aromatic carbocycles. The van der Waals surface area contributed by atoms with Gasteiger partial charge in [0.25, 0.3) is 0 Å². The summed E-state index contributed by atoms with van der Waals surface area (Å²) in [4.78, 5) is 0. The topological polar surface area (TPSA) is 55.5 Å². The van der Waals surface area contributed by atoms with Gasteiger partial charge in [0.1, 0.15) is 11.9 Å². The summed E-state index contributed by atoms with van der Waals surface area (Å²) in [5, 5.41) is 10.2. The Morgan fingerprint density at radius 1 is 1.06 bits per heavy atom. The molecule has 17 heavy (non-hydrogen) atoms. The summed E-state index contributed by atoms with van der Waals surface area (Å²) < 4.78 is 5.07. The maximum atomic E-state index is 10.2. The van der Waals surface area contributed by atoms with Gasteiger partial charge in [-0.05, 0) is 35.4 Å². The molecule has 2 rings (SSSR count). The highest BCUT2D eigenvalue weighted by Gasteiger charge is 2.10. The lowest BCUT2D eigenvalue weighted by atomic mass is 10.0. The van der Waals surface area contributed by atoms with Gasteiger partial charge in [-0.25, -0.2) is 0 Å². The minimum atomic E-state index is -0.663. The fourth-order valence-corrected chi connectivity index (χ4v) is 1.71. The number of rotatable bonds is 3. The second kappa shape index (κ2) is 4.89. The van der Waals surface area contributed by atoms with Gasteiger partial charge >= 0.3 is 0 Å². The predicted octanol–water partition coefficient (Wildman–Crippen LogP) is 2.36. The Morgan fingerprint density at radius 3 is 2.35 bits per heavy atom. The molecule has 0 aromatic heterocycles. The first-order valence-electron chi connectivity index (χ1n) is 5.38. The number of hydrogen-bond acceptors (Lipinski definition) is 3. The third-order valence-electron chi connectivity index (χ3n) is 2.66. The first-order valence-corrected chi connectivity index (χ1v) is 5.38.